The van der Waals surface area contributed by atoms with Gasteiger partial charge in [-0.15, -0.1) is 0 Å². The van der Waals surface area contributed by atoms with Crippen LogP contribution in [0.15, 0.2) is 18.2 Å². The van der Waals surface area contributed by atoms with Crippen LogP contribution in [0.2, 0.25) is 0 Å². The van der Waals surface area contributed by atoms with Crippen molar-refractivity contribution < 1.29 is 28.2 Å². The summed E-state index contributed by atoms with van der Waals surface area (Å²) in [6.07, 6.45) is 1.34. The van der Waals surface area contributed by atoms with Gasteiger partial charge in [0.1, 0.15) is 11.4 Å². The van der Waals surface area contributed by atoms with Gasteiger partial charge in [0, 0.05) is 38.2 Å². The first-order valence-corrected chi connectivity index (χ1v) is 12.2. The molecule has 1 saturated carbocycles. The predicted molar refractivity (Wildman–Crippen MR) is 127 cm³/mol. The normalized spacial score (nSPS) is 18.7. The number of carbonyl (C=O) groups excluding carboxylic acids is 2. The van der Waals surface area contributed by atoms with E-state index < -0.39 is 17.8 Å². The van der Waals surface area contributed by atoms with E-state index in [2.05, 4.69) is 0 Å². The first-order chi connectivity index (χ1) is 16.7. The molecule has 0 N–H and O–H groups in total. The van der Waals surface area contributed by atoms with Gasteiger partial charge in [-0.2, -0.15) is 5.10 Å². The maximum absolute atomic E-state index is 14.1. The van der Waals surface area contributed by atoms with Crippen LogP contribution in [0.4, 0.5) is 9.18 Å². The largest absolute Gasteiger partial charge is 0.444 e. The first-order valence-electron chi connectivity index (χ1n) is 12.2. The highest BCUT2D eigenvalue weighted by Gasteiger charge is 2.40. The third kappa shape index (κ3) is 6.29. The number of hydrogen-bond acceptors (Lipinski definition) is 6. The van der Waals surface area contributed by atoms with Crippen molar-refractivity contribution in [1.82, 2.24) is 19.6 Å². The minimum atomic E-state index is -0.774. The number of fused-ring (bicyclic) bond motifs is 1. The highest BCUT2D eigenvalue weighted by atomic mass is 19.1. The van der Waals surface area contributed by atoms with Crippen molar-refractivity contribution in [1.29, 1.82) is 0 Å². The molecule has 2 amide bonds. The average molecular weight is 491 g/mol. The Morgan fingerprint density at radius 2 is 2.06 bits per heavy atom. The van der Waals surface area contributed by atoms with Gasteiger partial charge in [-0.25, -0.2) is 9.18 Å². The second kappa shape index (κ2) is 10.5. The number of ether oxygens (including phenoxy) is 3. The van der Waals surface area contributed by atoms with Crippen LogP contribution in [0.5, 0.6) is 0 Å². The van der Waals surface area contributed by atoms with Gasteiger partial charge in [-0.3, -0.25) is 9.48 Å². The number of nitrogens with zero attached hydrogens (tertiary/aromatic N) is 4. The molecule has 2 aliphatic rings. The Hall–Kier alpha value is -2.72. The molecular formula is C25H35FN4O5. The lowest BCUT2D eigenvalue weighted by Crippen LogP contribution is -2.53. The molecule has 0 spiro atoms. The maximum Gasteiger partial charge on any atom is 0.410 e. The third-order valence-corrected chi connectivity index (χ3v) is 6.09. The molecule has 1 atom stereocenters. The number of halogens is 1. The molecule has 1 aromatic carbocycles. The molecule has 2 fully saturated rings. The fourth-order valence-corrected chi connectivity index (χ4v) is 4.27. The van der Waals surface area contributed by atoms with Crippen molar-refractivity contribution >= 4 is 22.9 Å². The van der Waals surface area contributed by atoms with Crippen molar-refractivity contribution in [3.8, 4) is 0 Å². The molecule has 1 aromatic heterocycles. The minimum absolute atomic E-state index is 0.0882. The highest BCUT2D eigenvalue weighted by Crippen LogP contribution is 2.31. The van der Waals surface area contributed by atoms with Crippen LogP contribution < -0.4 is 0 Å². The van der Waals surface area contributed by atoms with Crippen molar-refractivity contribution in [2.45, 2.75) is 70.9 Å². The van der Waals surface area contributed by atoms with Gasteiger partial charge in [0.15, 0.2) is 6.10 Å². The molecule has 4 rings (SSSR count). The van der Waals surface area contributed by atoms with E-state index in [1.54, 1.807) is 18.1 Å². The van der Waals surface area contributed by atoms with Gasteiger partial charge in [0.25, 0.3) is 5.91 Å². The molecule has 2 aromatic rings. The molecule has 2 heterocycles. The number of methoxy groups -OCH3 is 1. The lowest BCUT2D eigenvalue weighted by Gasteiger charge is -2.35. The van der Waals surface area contributed by atoms with Crippen molar-refractivity contribution in [2.75, 3.05) is 33.4 Å². The third-order valence-electron chi connectivity index (χ3n) is 6.09. The van der Waals surface area contributed by atoms with Gasteiger partial charge in [-0.1, -0.05) is 0 Å². The summed E-state index contributed by atoms with van der Waals surface area (Å²) in [4.78, 5) is 29.4. The molecule has 0 unspecified atom stereocenters. The molecule has 1 aliphatic heterocycles. The van der Waals surface area contributed by atoms with Crippen LogP contribution in [-0.4, -0.2) is 82.7 Å². The van der Waals surface area contributed by atoms with Crippen molar-refractivity contribution in [3.63, 3.8) is 0 Å². The summed E-state index contributed by atoms with van der Waals surface area (Å²) < 4.78 is 32.4. The zero-order valence-corrected chi connectivity index (χ0v) is 21.0. The van der Waals surface area contributed by atoms with Crippen molar-refractivity contribution in [3.05, 3.63) is 29.7 Å². The number of aromatic nitrogens is 2. The molecular weight excluding hydrogens is 455 g/mol. The Bertz CT molecular complexity index is 1060. The fourth-order valence-electron chi connectivity index (χ4n) is 4.27. The minimum Gasteiger partial charge on any atom is -0.444 e. The number of amides is 2. The number of hydrogen-bond donors (Lipinski definition) is 0. The summed E-state index contributed by atoms with van der Waals surface area (Å²) in [6, 6.07) is 4.71. The van der Waals surface area contributed by atoms with Crippen LogP contribution in [0.1, 0.15) is 45.7 Å². The standard InChI is InChI=1S/C25H35FN4O5/c1-25(2,3)35-24(32)28-11-13-34-22(16-28)23(31)29(18-7-8-18)15-20-19-14-17(26)6-9-21(19)30(27-20)10-5-12-33-4/h6,9,14,18,22H,5,7-8,10-13,15-16H2,1-4H3/t22-/m1/s1. The Kier molecular flexibility index (Phi) is 7.61. The number of morpholine rings is 1. The molecule has 35 heavy (non-hydrogen) atoms. The summed E-state index contributed by atoms with van der Waals surface area (Å²) in [5, 5.41) is 5.43. The van der Waals surface area contributed by atoms with E-state index in [1.807, 2.05) is 25.5 Å². The molecule has 1 aliphatic carbocycles. The second-order valence-corrected chi connectivity index (χ2v) is 10.2. The van der Waals surface area contributed by atoms with E-state index in [9.17, 15) is 14.0 Å². The smallest absolute Gasteiger partial charge is 0.410 e. The second-order valence-electron chi connectivity index (χ2n) is 10.2. The van der Waals surface area contributed by atoms with E-state index in [4.69, 9.17) is 19.3 Å². The summed E-state index contributed by atoms with van der Waals surface area (Å²) in [5.74, 6) is -0.526. The SMILES string of the molecule is COCCCn1nc(CN(C(=O)[C@H]2CN(C(=O)OC(C)(C)C)CCO2)C2CC2)c2cc(F)ccc21. The Balaban J connectivity index is 1.52. The van der Waals surface area contributed by atoms with Gasteiger partial charge in [0.2, 0.25) is 0 Å². The van der Waals surface area contributed by atoms with Crippen LogP contribution in [-0.2, 0) is 32.1 Å². The quantitative estimate of drug-likeness (QED) is 0.528. The van der Waals surface area contributed by atoms with E-state index in [-0.39, 0.29) is 37.5 Å². The van der Waals surface area contributed by atoms with Gasteiger partial charge < -0.3 is 24.0 Å². The van der Waals surface area contributed by atoms with E-state index >= 15 is 0 Å². The molecule has 1 saturated heterocycles. The summed E-state index contributed by atoms with van der Waals surface area (Å²) in [7, 11) is 1.65. The Labute approximate surface area is 205 Å². The zero-order valence-electron chi connectivity index (χ0n) is 21.0. The average Bonchev–Trinajstić information content (AvgIpc) is 3.59. The monoisotopic (exact) mass is 490 g/mol. The molecule has 192 valence electrons. The van der Waals surface area contributed by atoms with Crippen LogP contribution in [0.25, 0.3) is 10.9 Å². The summed E-state index contributed by atoms with van der Waals surface area (Å²) >= 11 is 0. The fraction of sp³-hybridized carbons (Fsp3) is 0.640. The summed E-state index contributed by atoms with van der Waals surface area (Å²) in [5.41, 5.74) is 0.857. The highest BCUT2D eigenvalue weighted by molar-refractivity contribution is 5.85. The van der Waals surface area contributed by atoms with Crippen LogP contribution in [0.3, 0.4) is 0 Å². The van der Waals surface area contributed by atoms with E-state index in [1.165, 1.54) is 17.0 Å². The zero-order chi connectivity index (χ0) is 25.2. The van der Waals surface area contributed by atoms with Crippen LogP contribution in [0, 0.1) is 5.82 Å². The number of rotatable bonds is 8. The maximum atomic E-state index is 14.1. The summed E-state index contributed by atoms with van der Waals surface area (Å²) in [6.45, 7) is 7.68. The number of benzene rings is 1. The molecule has 10 heteroatoms. The van der Waals surface area contributed by atoms with Crippen molar-refractivity contribution in [2.24, 2.45) is 0 Å². The Morgan fingerprint density at radius 1 is 1.29 bits per heavy atom. The molecule has 0 radical (unpaired) electrons. The number of aryl methyl sites for hydroxylation is 1. The number of carbonyl (C=O) groups is 2. The van der Waals surface area contributed by atoms with Crippen LogP contribution >= 0.6 is 0 Å². The van der Waals surface area contributed by atoms with E-state index in [0.29, 0.717) is 30.8 Å². The lowest BCUT2D eigenvalue weighted by atomic mass is 10.1. The van der Waals surface area contributed by atoms with Gasteiger partial charge in [0.05, 0.1) is 30.9 Å². The first kappa shape index (κ1) is 25.4. The molecule has 9 nitrogen and oxygen atoms in total. The van der Waals surface area contributed by atoms with E-state index in [0.717, 1.165) is 24.8 Å². The van der Waals surface area contributed by atoms with Gasteiger partial charge in [-0.05, 0) is 58.2 Å². The topological polar surface area (TPSA) is 86.1 Å². The Morgan fingerprint density at radius 3 is 2.74 bits per heavy atom. The predicted octanol–water partition coefficient (Wildman–Crippen LogP) is 3.34. The lowest BCUT2D eigenvalue weighted by molar-refractivity contribution is -0.150. The molecule has 0 bridgehead atoms. The van der Waals surface area contributed by atoms with Gasteiger partial charge >= 0.3 is 6.09 Å².